The lowest BCUT2D eigenvalue weighted by atomic mass is 10.0. The Bertz CT molecular complexity index is 1270. The van der Waals surface area contributed by atoms with Crippen molar-refractivity contribution in [1.82, 2.24) is 5.32 Å². The summed E-state index contributed by atoms with van der Waals surface area (Å²) in [5.74, 6) is -0.971. The highest BCUT2D eigenvalue weighted by Crippen LogP contribution is 2.25. The molecule has 0 bridgehead atoms. The molecular formula is C41H63N3O6. The number of carbonyl (C=O) groups excluding carboxylic acids is 4. The Morgan fingerprint density at radius 3 is 1.80 bits per heavy atom. The minimum atomic E-state index is -0.731. The summed E-state index contributed by atoms with van der Waals surface area (Å²) in [6, 6.07) is 14.1. The first-order chi connectivity index (χ1) is 24.1. The molecule has 0 fully saturated rings. The van der Waals surface area contributed by atoms with Crippen molar-refractivity contribution in [2.24, 2.45) is 0 Å². The average Bonchev–Trinajstić information content (AvgIpc) is 3.07. The highest BCUT2D eigenvalue weighted by atomic mass is 16.6. The van der Waals surface area contributed by atoms with Gasteiger partial charge < -0.3 is 20.1 Å². The second-order valence-corrected chi connectivity index (χ2v) is 14.1. The molecule has 0 heterocycles. The van der Waals surface area contributed by atoms with Gasteiger partial charge in [0, 0.05) is 24.9 Å². The zero-order valence-electron chi connectivity index (χ0n) is 31.2. The van der Waals surface area contributed by atoms with Gasteiger partial charge in [0.05, 0.1) is 11.4 Å². The number of unbranched alkanes of at least 4 members (excludes halogenated alkanes) is 14. The molecule has 0 saturated heterocycles. The van der Waals surface area contributed by atoms with Gasteiger partial charge in [-0.15, -0.1) is 0 Å². The van der Waals surface area contributed by atoms with Gasteiger partial charge in [0.25, 0.3) is 5.91 Å². The molecule has 0 spiro atoms. The highest BCUT2D eigenvalue weighted by Gasteiger charge is 2.19. The monoisotopic (exact) mass is 693 g/mol. The summed E-state index contributed by atoms with van der Waals surface area (Å²) in [4.78, 5) is 50.4. The predicted octanol–water partition coefficient (Wildman–Crippen LogP) is 10.5. The third-order valence-corrected chi connectivity index (χ3v) is 8.28. The third-order valence-electron chi connectivity index (χ3n) is 8.28. The van der Waals surface area contributed by atoms with E-state index in [1.54, 1.807) is 32.9 Å². The molecular weight excluding hydrogens is 630 g/mol. The van der Waals surface area contributed by atoms with Crippen molar-refractivity contribution in [2.75, 3.05) is 17.2 Å². The summed E-state index contributed by atoms with van der Waals surface area (Å²) in [6.07, 6.45) is 19.0. The second kappa shape index (κ2) is 25.1. The maximum Gasteiger partial charge on any atom is 0.412 e. The van der Waals surface area contributed by atoms with E-state index in [-0.39, 0.29) is 42.9 Å². The Hall–Kier alpha value is -3.88. The van der Waals surface area contributed by atoms with Crippen LogP contribution in [0.25, 0.3) is 0 Å². The van der Waals surface area contributed by atoms with Crippen LogP contribution in [0.2, 0.25) is 0 Å². The van der Waals surface area contributed by atoms with Crippen molar-refractivity contribution in [3.05, 3.63) is 59.7 Å². The molecule has 0 aromatic heterocycles. The van der Waals surface area contributed by atoms with Crippen LogP contribution in [0.4, 0.5) is 16.2 Å². The summed E-state index contributed by atoms with van der Waals surface area (Å²) in [5.41, 5.74) is 1.09. The smallest absolute Gasteiger partial charge is 0.412 e. The zero-order chi connectivity index (χ0) is 36.5. The number of hydrogen-bond acceptors (Lipinski definition) is 6. The molecule has 3 N–H and O–H groups in total. The molecule has 0 unspecified atom stereocenters. The maximum atomic E-state index is 13.0. The number of ether oxygens (including phenoxy) is 2. The fraction of sp³-hybridized carbons (Fsp3) is 0.610. The summed E-state index contributed by atoms with van der Waals surface area (Å²) in [5, 5.41) is 8.42. The minimum Gasteiger partial charge on any atom is -0.461 e. The van der Waals surface area contributed by atoms with Gasteiger partial charge in [-0.05, 0) is 57.4 Å². The highest BCUT2D eigenvalue weighted by molar-refractivity contribution is 6.02. The third kappa shape index (κ3) is 20.6. The molecule has 0 aliphatic heterocycles. The van der Waals surface area contributed by atoms with E-state index in [9.17, 15) is 19.2 Å². The molecule has 0 radical (unpaired) electrons. The standard InChI is InChI=1S/C41H63N3O6/c1-5-6-7-8-9-10-11-12-13-14-15-16-17-18-22-30-42-39(47)34-28-29-35(36(31-34)44-40(48)50-41(2,3)4)43-37(45)26-23-27-38(46)49-32-33-24-20-19-21-25-33/h19-21,24-25,28-29,31H,5-18,22-23,26-27,30,32H2,1-4H3,(H,42,47)(H,43,45)(H,44,48). The Morgan fingerprint density at radius 2 is 1.22 bits per heavy atom. The van der Waals surface area contributed by atoms with Crippen LogP contribution in [0.5, 0.6) is 0 Å². The fourth-order valence-electron chi connectivity index (χ4n) is 5.53. The van der Waals surface area contributed by atoms with E-state index in [1.165, 1.54) is 89.5 Å². The Balaban J connectivity index is 1.74. The molecule has 0 atom stereocenters. The van der Waals surface area contributed by atoms with Crippen molar-refractivity contribution < 1.29 is 28.7 Å². The molecule has 50 heavy (non-hydrogen) atoms. The van der Waals surface area contributed by atoms with Gasteiger partial charge in [-0.3, -0.25) is 19.7 Å². The van der Waals surface area contributed by atoms with Crippen LogP contribution < -0.4 is 16.0 Å². The lowest BCUT2D eigenvalue weighted by Gasteiger charge is -2.21. The summed E-state index contributed by atoms with van der Waals surface area (Å²) >= 11 is 0. The Morgan fingerprint density at radius 1 is 0.640 bits per heavy atom. The molecule has 0 aliphatic rings. The topological polar surface area (TPSA) is 123 Å². The van der Waals surface area contributed by atoms with Crippen LogP contribution in [-0.2, 0) is 25.7 Å². The van der Waals surface area contributed by atoms with Crippen LogP contribution in [0.3, 0.4) is 0 Å². The van der Waals surface area contributed by atoms with E-state index in [1.807, 2.05) is 30.3 Å². The van der Waals surface area contributed by atoms with E-state index in [2.05, 4.69) is 22.9 Å². The van der Waals surface area contributed by atoms with Crippen LogP contribution >= 0.6 is 0 Å². The van der Waals surface area contributed by atoms with Crippen LogP contribution in [-0.4, -0.2) is 36.0 Å². The molecule has 2 rings (SSSR count). The first-order valence-electron chi connectivity index (χ1n) is 19.0. The number of amides is 3. The lowest BCUT2D eigenvalue weighted by Crippen LogP contribution is -2.28. The normalized spacial score (nSPS) is 11.1. The number of benzene rings is 2. The van der Waals surface area contributed by atoms with Crippen molar-refractivity contribution in [1.29, 1.82) is 0 Å². The van der Waals surface area contributed by atoms with Crippen molar-refractivity contribution in [3.63, 3.8) is 0 Å². The SMILES string of the molecule is CCCCCCCCCCCCCCCCCNC(=O)c1ccc(NC(=O)CCCC(=O)OCc2ccccc2)c(NC(=O)OC(C)(C)C)c1. The number of hydrogen-bond donors (Lipinski definition) is 3. The molecule has 9 heteroatoms. The van der Waals surface area contributed by atoms with Crippen molar-refractivity contribution >= 4 is 35.3 Å². The maximum absolute atomic E-state index is 13.0. The van der Waals surface area contributed by atoms with Crippen LogP contribution in [0.1, 0.15) is 159 Å². The summed E-state index contributed by atoms with van der Waals surface area (Å²) in [7, 11) is 0. The van der Waals surface area contributed by atoms with Gasteiger partial charge in [0.15, 0.2) is 0 Å². The minimum absolute atomic E-state index is 0.0772. The number of esters is 1. The van der Waals surface area contributed by atoms with Gasteiger partial charge in [-0.2, -0.15) is 0 Å². The first kappa shape index (κ1) is 42.3. The predicted molar refractivity (Wildman–Crippen MR) is 202 cm³/mol. The van der Waals surface area contributed by atoms with Gasteiger partial charge in [-0.25, -0.2) is 4.79 Å². The molecule has 3 amide bonds. The van der Waals surface area contributed by atoms with E-state index >= 15 is 0 Å². The Kier molecular flexibility index (Phi) is 21.3. The fourth-order valence-corrected chi connectivity index (χ4v) is 5.53. The zero-order valence-corrected chi connectivity index (χ0v) is 31.2. The molecule has 9 nitrogen and oxygen atoms in total. The van der Waals surface area contributed by atoms with Crippen molar-refractivity contribution in [3.8, 4) is 0 Å². The lowest BCUT2D eigenvalue weighted by molar-refractivity contribution is -0.145. The number of rotatable bonds is 25. The second-order valence-electron chi connectivity index (χ2n) is 14.1. The molecule has 0 saturated carbocycles. The number of carbonyl (C=O) groups is 4. The largest absolute Gasteiger partial charge is 0.461 e. The first-order valence-corrected chi connectivity index (χ1v) is 19.0. The molecule has 278 valence electrons. The molecule has 0 aliphatic carbocycles. The van der Waals surface area contributed by atoms with Gasteiger partial charge in [-0.1, -0.05) is 127 Å². The van der Waals surface area contributed by atoms with E-state index in [4.69, 9.17) is 9.47 Å². The summed E-state index contributed by atoms with van der Waals surface area (Å²) < 4.78 is 10.7. The van der Waals surface area contributed by atoms with Gasteiger partial charge >= 0.3 is 12.1 Å². The summed E-state index contributed by atoms with van der Waals surface area (Å²) in [6.45, 7) is 8.27. The van der Waals surface area contributed by atoms with E-state index in [0.29, 0.717) is 24.2 Å². The quantitative estimate of drug-likeness (QED) is 0.0703. The number of anilines is 2. The molecule has 2 aromatic rings. The van der Waals surface area contributed by atoms with Crippen LogP contribution in [0, 0.1) is 0 Å². The average molecular weight is 694 g/mol. The van der Waals surface area contributed by atoms with Gasteiger partial charge in [0.2, 0.25) is 5.91 Å². The van der Waals surface area contributed by atoms with Crippen molar-refractivity contribution in [2.45, 2.75) is 155 Å². The van der Waals surface area contributed by atoms with E-state index < -0.39 is 11.7 Å². The number of nitrogens with one attached hydrogen (secondary N) is 3. The Labute approximate surface area is 301 Å². The molecule has 2 aromatic carbocycles. The van der Waals surface area contributed by atoms with E-state index in [0.717, 1.165) is 18.4 Å². The van der Waals surface area contributed by atoms with Gasteiger partial charge in [0.1, 0.15) is 12.2 Å². The van der Waals surface area contributed by atoms with Crippen LogP contribution in [0.15, 0.2) is 48.5 Å².